The van der Waals surface area contributed by atoms with Crippen LogP contribution in [-0.2, 0) is 14.2 Å². The quantitative estimate of drug-likeness (QED) is 0.721. The highest BCUT2D eigenvalue weighted by Crippen LogP contribution is 2.23. The van der Waals surface area contributed by atoms with Crippen LogP contribution in [0.5, 0.6) is 0 Å². The van der Waals surface area contributed by atoms with Crippen molar-refractivity contribution in [3.05, 3.63) is 23.8 Å². The van der Waals surface area contributed by atoms with Gasteiger partial charge in [0.05, 0.1) is 12.3 Å². The smallest absolute Gasteiger partial charge is 0.200 e. The van der Waals surface area contributed by atoms with Crippen LogP contribution in [0.1, 0.15) is 30.1 Å². The lowest BCUT2D eigenvalue weighted by Crippen LogP contribution is -2.11. The average molecular weight is 224 g/mol. The molecule has 0 spiro atoms. The molecule has 88 valence electrons. The van der Waals surface area contributed by atoms with Crippen LogP contribution in [-0.4, -0.2) is 37.4 Å². The summed E-state index contributed by atoms with van der Waals surface area (Å²) in [6, 6.07) is 1.80. The van der Waals surface area contributed by atoms with E-state index in [9.17, 15) is 0 Å². The molecule has 0 radical (unpaired) electrons. The Balaban J connectivity index is 2.18. The molecule has 0 saturated carbocycles. The van der Waals surface area contributed by atoms with Crippen molar-refractivity contribution in [1.29, 1.82) is 0 Å². The normalized spacial score (nSPS) is 20.6. The lowest BCUT2D eigenvalue weighted by molar-refractivity contribution is -0.108. The molecule has 1 aliphatic rings. The third-order valence-electron chi connectivity index (χ3n) is 2.66. The van der Waals surface area contributed by atoms with Crippen molar-refractivity contribution in [2.24, 2.45) is 0 Å². The molecule has 1 aromatic heterocycles. The van der Waals surface area contributed by atoms with Crippen LogP contribution in [0.4, 0.5) is 0 Å². The van der Waals surface area contributed by atoms with Crippen molar-refractivity contribution in [2.45, 2.75) is 18.6 Å². The lowest BCUT2D eigenvalue weighted by Gasteiger charge is -2.14. The SMILES string of the molecule is COC(OC)c1ccnc(C2CCOC2)n1. The van der Waals surface area contributed by atoms with Gasteiger partial charge in [0.1, 0.15) is 5.82 Å². The number of aromatic nitrogens is 2. The minimum Gasteiger partial charge on any atom is -0.381 e. The summed E-state index contributed by atoms with van der Waals surface area (Å²) in [5, 5.41) is 0. The van der Waals surface area contributed by atoms with E-state index in [0.29, 0.717) is 12.5 Å². The van der Waals surface area contributed by atoms with E-state index in [1.807, 2.05) is 0 Å². The molecular formula is C11H16N2O3. The van der Waals surface area contributed by atoms with Crippen molar-refractivity contribution in [2.75, 3.05) is 27.4 Å². The highest BCUT2D eigenvalue weighted by Gasteiger charge is 2.21. The highest BCUT2D eigenvalue weighted by molar-refractivity contribution is 5.08. The van der Waals surface area contributed by atoms with E-state index in [4.69, 9.17) is 14.2 Å². The number of rotatable bonds is 4. The molecule has 0 N–H and O–H groups in total. The van der Waals surface area contributed by atoms with E-state index in [2.05, 4.69) is 9.97 Å². The van der Waals surface area contributed by atoms with E-state index >= 15 is 0 Å². The number of hydrogen-bond acceptors (Lipinski definition) is 5. The van der Waals surface area contributed by atoms with Gasteiger partial charge in [0.15, 0.2) is 0 Å². The van der Waals surface area contributed by atoms with Gasteiger partial charge < -0.3 is 14.2 Å². The second-order valence-corrected chi connectivity index (χ2v) is 3.70. The zero-order valence-electron chi connectivity index (χ0n) is 9.55. The summed E-state index contributed by atoms with van der Waals surface area (Å²) in [5.41, 5.74) is 0.752. The Kier molecular flexibility index (Phi) is 3.82. The van der Waals surface area contributed by atoms with E-state index in [1.54, 1.807) is 26.5 Å². The molecule has 5 heteroatoms. The molecule has 16 heavy (non-hydrogen) atoms. The van der Waals surface area contributed by atoms with Crippen LogP contribution in [0.2, 0.25) is 0 Å². The molecule has 5 nitrogen and oxygen atoms in total. The molecular weight excluding hydrogens is 208 g/mol. The molecule has 1 unspecified atom stereocenters. The van der Waals surface area contributed by atoms with Crippen LogP contribution >= 0.6 is 0 Å². The molecule has 2 heterocycles. The number of nitrogens with zero attached hydrogens (tertiary/aromatic N) is 2. The van der Waals surface area contributed by atoms with E-state index < -0.39 is 6.29 Å². The topological polar surface area (TPSA) is 53.5 Å². The van der Waals surface area contributed by atoms with Crippen LogP contribution in [0.25, 0.3) is 0 Å². The zero-order chi connectivity index (χ0) is 11.4. The van der Waals surface area contributed by atoms with Gasteiger partial charge in [-0.3, -0.25) is 0 Å². The maximum Gasteiger partial charge on any atom is 0.200 e. The fraction of sp³-hybridized carbons (Fsp3) is 0.636. The number of methoxy groups -OCH3 is 2. The fourth-order valence-corrected chi connectivity index (χ4v) is 1.79. The van der Waals surface area contributed by atoms with Crippen molar-refractivity contribution < 1.29 is 14.2 Å². The summed E-state index contributed by atoms with van der Waals surface area (Å²) in [7, 11) is 3.18. The molecule has 1 aliphatic heterocycles. The first-order valence-corrected chi connectivity index (χ1v) is 5.31. The van der Waals surface area contributed by atoms with Crippen molar-refractivity contribution in [3.63, 3.8) is 0 Å². The maximum absolute atomic E-state index is 5.32. The lowest BCUT2D eigenvalue weighted by atomic mass is 10.1. The molecule has 0 aromatic carbocycles. The Morgan fingerprint density at radius 1 is 1.44 bits per heavy atom. The maximum atomic E-state index is 5.32. The summed E-state index contributed by atoms with van der Waals surface area (Å²) in [6.07, 6.45) is 2.29. The van der Waals surface area contributed by atoms with Crippen LogP contribution in [0, 0.1) is 0 Å². The Bertz CT molecular complexity index is 319. The number of hydrogen-bond donors (Lipinski definition) is 0. The zero-order valence-corrected chi connectivity index (χ0v) is 9.55. The van der Waals surface area contributed by atoms with Gasteiger partial charge in [-0.1, -0.05) is 0 Å². The Morgan fingerprint density at radius 2 is 2.25 bits per heavy atom. The molecule has 1 aromatic rings. The van der Waals surface area contributed by atoms with Gasteiger partial charge in [0, 0.05) is 32.9 Å². The molecule has 0 aliphatic carbocycles. The van der Waals surface area contributed by atoms with Gasteiger partial charge in [0.2, 0.25) is 6.29 Å². The molecule has 0 bridgehead atoms. The average Bonchev–Trinajstić information content (AvgIpc) is 2.85. The monoisotopic (exact) mass is 224 g/mol. The van der Waals surface area contributed by atoms with Gasteiger partial charge in [0.25, 0.3) is 0 Å². The number of ether oxygens (including phenoxy) is 3. The van der Waals surface area contributed by atoms with Gasteiger partial charge in [-0.25, -0.2) is 9.97 Å². The van der Waals surface area contributed by atoms with Crippen molar-refractivity contribution >= 4 is 0 Å². The van der Waals surface area contributed by atoms with Crippen molar-refractivity contribution in [1.82, 2.24) is 9.97 Å². The molecule has 1 saturated heterocycles. The molecule has 1 atom stereocenters. The Hall–Kier alpha value is -1.04. The molecule has 0 amide bonds. The third-order valence-corrected chi connectivity index (χ3v) is 2.66. The highest BCUT2D eigenvalue weighted by atomic mass is 16.7. The summed E-state index contributed by atoms with van der Waals surface area (Å²) >= 11 is 0. The second kappa shape index (κ2) is 5.34. The molecule has 2 rings (SSSR count). The third kappa shape index (κ3) is 2.37. The Labute approximate surface area is 94.8 Å². The largest absolute Gasteiger partial charge is 0.381 e. The summed E-state index contributed by atoms with van der Waals surface area (Å²) in [5.74, 6) is 1.11. The second-order valence-electron chi connectivity index (χ2n) is 3.70. The predicted molar refractivity (Wildman–Crippen MR) is 57.0 cm³/mol. The van der Waals surface area contributed by atoms with E-state index in [0.717, 1.165) is 24.5 Å². The minimum absolute atomic E-state index is 0.300. The standard InChI is InChI=1S/C11H16N2O3/c1-14-11(15-2)9-3-5-12-10(13-9)8-4-6-16-7-8/h3,5,8,11H,4,6-7H2,1-2H3. The Morgan fingerprint density at radius 3 is 2.88 bits per heavy atom. The van der Waals surface area contributed by atoms with Gasteiger partial charge in [-0.2, -0.15) is 0 Å². The van der Waals surface area contributed by atoms with Gasteiger partial charge in [-0.05, 0) is 12.5 Å². The molecule has 1 fully saturated rings. The van der Waals surface area contributed by atoms with Crippen molar-refractivity contribution in [3.8, 4) is 0 Å². The summed E-state index contributed by atoms with van der Waals surface area (Å²) in [4.78, 5) is 8.73. The van der Waals surface area contributed by atoms with Gasteiger partial charge >= 0.3 is 0 Å². The van der Waals surface area contributed by atoms with Crippen LogP contribution < -0.4 is 0 Å². The fourth-order valence-electron chi connectivity index (χ4n) is 1.79. The van der Waals surface area contributed by atoms with Crippen LogP contribution in [0.15, 0.2) is 12.3 Å². The summed E-state index contributed by atoms with van der Waals surface area (Å²) < 4.78 is 15.6. The first-order valence-electron chi connectivity index (χ1n) is 5.31. The first-order chi connectivity index (χ1) is 7.85. The van der Waals surface area contributed by atoms with E-state index in [1.165, 1.54) is 0 Å². The minimum atomic E-state index is -0.427. The van der Waals surface area contributed by atoms with Crippen LogP contribution in [0.3, 0.4) is 0 Å². The van der Waals surface area contributed by atoms with E-state index in [-0.39, 0.29) is 0 Å². The van der Waals surface area contributed by atoms with Gasteiger partial charge in [-0.15, -0.1) is 0 Å². The summed E-state index contributed by atoms with van der Waals surface area (Å²) in [6.45, 7) is 1.49. The predicted octanol–water partition coefficient (Wildman–Crippen LogP) is 1.27. The first kappa shape index (κ1) is 11.4.